The Hall–Kier alpha value is -1.39. The van der Waals surface area contributed by atoms with Crippen LogP contribution < -0.4 is 0 Å². The molecule has 0 unspecified atom stereocenters. The van der Waals surface area contributed by atoms with Crippen molar-refractivity contribution in [3.05, 3.63) is 56.8 Å². The van der Waals surface area contributed by atoms with E-state index in [9.17, 15) is 9.18 Å². The molecule has 19 heavy (non-hydrogen) atoms. The number of benzene rings is 2. The summed E-state index contributed by atoms with van der Waals surface area (Å²) < 4.78 is 14.6. The number of carboxylic acids is 1. The van der Waals surface area contributed by atoms with Crippen molar-refractivity contribution >= 4 is 33.5 Å². The summed E-state index contributed by atoms with van der Waals surface area (Å²) in [6.07, 6.45) is 0. The summed E-state index contributed by atoms with van der Waals surface area (Å²) in [6, 6.07) is 7.87. The summed E-state index contributed by atoms with van der Waals surface area (Å²) in [7, 11) is 0. The zero-order valence-corrected chi connectivity index (χ0v) is 12.2. The fourth-order valence-electron chi connectivity index (χ4n) is 1.81. The zero-order valence-electron chi connectivity index (χ0n) is 9.88. The first kappa shape index (κ1) is 14.0. The van der Waals surface area contributed by atoms with Crippen LogP contribution in [0, 0.1) is 12.7 Å². The highest BCUT2D eigenvalue weighted by Crippen LogP contribution is 2.33. The molecule has 0 atom stereocenters. The van der Waals surface area contributed by atoms with Crippen LogP contribution in [0.3, 0.4) is 0 Å². The summed E-state index contributed by atoms with van der Waals surface area (Å²) in [5, 5.41) is 9.00. The third-order valence-corrected chi connectivity index (χ3v) is 3.93. The highest BCUT2D eigenvalue weighted by molar-refractivity contribution is 9.10. The fourth-order valence-corrected chi connectivity index (χ4v) is 2.28. The van der Waals surface area contributed by atoms with Crippen LogP contribution in [0.5, 0.6) is 0 Å². The van der Waals surface area contributed by atoms with Crippen molar-refractivity contribution in [1.29, 1.82) is 0 Å². The van der Waals surface area contributed by atoms with Crippen LogP contribution in [-0.4, -0.2) is 11.1 Å². The van der Waals surface area contributed by atoms with Crippen molar-refractivity contribution in [2.45, 2.75) is 6.92 Å². The number of hydrogen-bond acceptors (Lipinski definition) is 1. The number of carboxylic acid groups (broad SMARTS) is 1. The van der Waals surface area contributed by atoms with Gasteiger partial charge in [0.1, 0.15) is 0 Å². The second-order valence-electron chi connectivity index (χ2n) is 4.12. The van der Waals surface area contributed by atoms with E-state index in [0.29, 0.717) is 10.0 Å². The predicted octanol–water partition coefficient (Wildman–Crippen LogP) is 4.92. The molecule has 0 bridgehead atoms. The average molecular weight is 344 g/mol. The van der Waals surface area contributed by atoms with Crippen LogP contribution in [0.4, 0.5) is 4.39 Å². The molecule has 0 heterocycles. The van der Waals surface area contributed by atoms with Gasteiger partial charge in [0.15, 0.2) is 5.82 Å². The predicted molar refractivity (Wildman–Crippen MR) is 76.2 cm³/mol. The lowest BCUT2D eigenvalue weighted by atomic mass is 10.00. The topological polar surface area (TPSA) is 37.3 Å². The van der Waals surface area contributed by atoms with Gasteiger partial charge in [0.2, 0.25) is 0 Å². The van der Waals surface area contributed by atoms with Gasteiger partial charge in [-0.05, 0) is 52.2 Å². The number of halogens is 3. The van der Waals surface area contributed by atoms with Gasteiger partial charge in [-0.25, -0.2) is 9.18 Å². The minimum absolute atomic E-state index is 0.0177. The summed E-state index contributed by atoms with van der Waals surface area (Å²) in [5.74, 6) is -1.62. The van der Waals surface area contributed by atoms with E-state index in [4.69, 9.17) is 16.7 Å². The number of hydrogen-bond donors (Lipinski definition) is 1. The Balaban J connectivity index is 2.65. The van der Waals surface area contributed by atoms with E-state index < -0.39 is 11.8 Å². The van der Waals surface area contributed by atoms with Crippen LogP contribution in [0.1, 0.15) is 15.9 Å². The van der Waals surface area contributed by atoms with Crippen LogP contribution in [-0.2, 0) is 0 Å². The molecule has 0 saturated heterocycles. The van der Waals surface area contributed by atoms with E-state index >= 15 is 0 Å². The van der Waals surface area contributed by atoms with E-state index in [-0.39, 0.29) is 16.1 Å². The van der Waals surface area contributed by atoms with Gasteiger partial charge in [0, 0.05) is 10.0 Å². The molecule has 1 N–H and O–H groups in total. The molecule has 2 rings (SSSR count). The minimum Gasteiger partial charge on any atom is -0.478 e. The summed E-state index contributed by atoms with van der Waals surface area (Å²) in [6.45, 7) is 1.76. The maximum absolute atomic E-state index is 14.1. The first-order valence-electron chi connectivity index (χ1n) is 5.39. The molecular formula is C14H9BrClFO2. The molecule has 0 aliphatic rings. The van der Waals surface area contributed by atoms with Crippen LogP contribution in [0.25, 0.3) is 11.1 Å². The largest absolute Gasteiger partial charge is 0.478 e. The summed E-state index contributed by atoms with van der Waals surface area (Å²) in [4.78, 5) is 11.0. The first-order valence-corrected chi connectivity index (χ1v) is 6.56. The molecule has 2 nitrogen and oxygen atoms in total. The van der Waals surface area contributed by atoms with E-state index in [2.05, 4.69) is 15.9 Å². The maximum atomic E-state index is 14.1. The zero-order chi connectivity index (χ0) is 14.2. The molecule has 5 heteroatoms. The van der Waals surface area contributed by atoms with Crippen LogP contribution in [0.15, 0.2) is 34.8 Å². The Bertz CT molecular complexity index is 671. The smallest absolute Gasteiger partial charge is 0.335 e. The fraction of sp³-hybridized carbons (Fsp3) is 0.0714. The Morgan fingerprint density at radius 3 is 2.63 bits per heavy atom. The van der Waals surface area contributed by atoms with Crippen molar-refractivity contribution in [2.24, 2.45) is 0 Å². The second-order valence-corrected chi connectivity index (χ2v) is 5.35. The monoisotopic (exact) mass is 342 g/mol. The molecule has 0 aromatic heterocycles. The molecule has 0 spiro atoms. The Kier molecular flexibility index (Phi) is 3.92. The van der Waals surface area contributed by atoms with Gasteiger partial charge in [-0.3, -0.25) is 0 Å². The van der Waals surface area contributed by atoms with E-state index in [1.54, 1.807) is 25.1 Å². The molecular weight excluding hydrogens is 335 g/mol. The quantitative estimate of drug-likeness (QED) is 0.786. The van der Waals surface area contributed by atoms with Gasteiger partial charge < -0.3 is 5.11 Å². The molecule has 98 valence electrons. The number of aromatic carboxylic acids is 1. The van der Waals surface area contributed by atoms with E-state index in [0.717, 1.165) is 5.56 Å². The van der Waals surface area contributed by atoms with Crippen molar-refractivity contribution in [2.75, 3.05) is 0 Å². The van der Waals surface area contributed by atoms with Crippen molar-refractivity contribution in [3.8, 4) is 11.1 Å². The van der Waals surface area contributed by atoms with Crippen LogP contribution >= 0.6 is 27.5 Å². The van der Waals surface area contributed by atoms with Crippen molar-refractivity contribution in [1.82, 2.24) is 0 Å². The molecule has 0 aliphatic heterocycles. The summed E-state index contributed by atoms with van der Waals surface area (Å²) >= 11 is 8.98. The molecule has 0 radical (unpaired) electrons. The number of rotatable bonds is 2. The van der Waals surface area contributed by atoms with E-state index in [1.807, 2.05) is 0 Å². The van der Waals surface area contributed by atoms with Crippen LogP contribution in [0.2, 0.25) is 5.02 Å². The lowest BCUT2D eigenvalue weighted by Crippen LogP contribution is -1.98. The lowest BCUT2D eigenvalue weighted by Gasteiger charge is -2.08. The van der Waals surface area contributed by atoms with Crippen molar-refractivity contribution in [3.63, 3.8) is 0 Å². The lowest BCUT2D eigenvalue weighted by molar-refractivity contribution is 0.0697. The number of carbonyl (C=O) groups is 1. The Labute approximate surface area is 123 Å². The van der Waals surface area contributed by atoms with E-state index in [1.165, 1.54) is 12.1 Å². The molecule has 0 fully saturated rings. The first-order chi connectivity index (χ1) is 8.90. The minimum atomic E-state index is -1.05. The average Bonchev–Trinajstić information content (AvgIpc) is 2.35. The highest BCUT2D eigenvalue weighted by atomic mass is 79.9. The van der Waals surface area contributed by atoms with Gasteiger partial charge in [-0.15, -0.1) is 0 Å². The Morgan fingerprint density at radius 2 is 2.00 bits per heavy atom. The SMILES string of the molecule is Cc1cc(C(=O)O)cc(-c2ccc(Br)c(Cl)c2F)c1. The maximum Gasteiger partial charge on any atom is 0.335 e. The van der Waals surface area contributed by atoms with Gasteiger partial charge >= 0.3 is 5.97 Å². The van der Waals surface area contributed by atoms with Gasteiger partial charge in [-0.1, -0.05) is 23.7 Å². The number of aryl methyl sites for hydroxylation is 1. The van der Waals surface area contributed by atoms with Crippen molar-refractivity contribution < 1.29 is 14.3 Å². The van der Waals surface area contributed by atoms with Gasteiger partial charge in [-0.2, -0.15) is 0 Å². The third kappa shape index (κ3) is 2.80. The van der Waals surface area contributed by atoms with Gasteiger partial charge in [0.25, 0.3) is 0 Å². The second kappa shape index (κ2) is 5.31. The standard InChI is InChI=1S/C14H9BrClFO2/c1-7-4-8(6-9(5-7)14(18)19)10-2-3-11(15)12(16)13(10)17/h2-6H,1H3,(H,18,19). The molecule has 0 aliphatic carbocycles. The van der Waals surface area contributed by atoms with Gasteiger partial charge in [0.05, 0.1) is 10.6 Å². The highest BCUT2D eigenvalue weighted by Gasteiger charge is 2.14. The molecule has 2 aromatic rings. The summed E-state index contributed by atoms with van der Waals surface area (Å²) in [5.41, 5.74) is 1.63. The third-order valence-electron chi connectivity index (χ3n) is 2.67. The Morgan fingerprint density at radius 1 is 1.32 bits per heavy atom. The molecule has 0 amide bonds. The normalized spacial score (nSPS) is 10.5. The molecule has 2 aromatic carbocycles. The molecule has 0 saturated carbocycles.